The third-order valence-electron chi connectivity index (χ3n) is 6.93. The van der Waals surface area contributed by atoms with Gasteiger partial charge in [0.15, 0.2) is 0 Å². The van der Waals surface area contributed by atoms with Crippen LogP contribution in [0.4, 0.5) is 13.6 Å². The Morgan fingerprint density at radius 2 is 1.74 bits per heavy atom. The van der Waals surface area contributed by atoms with Crippen molar-refractivity contribution < 1.29 is 13.6 Å². The minimum atomic E-state index is -0.654. The van der Waals surface area contributed by atoms with Crippen molar-refractivity contribution in [2.24, 2.45) is 0 Å². The third kappa shape index (κ3) is 4.04. The number of rotatable bonds is 3. The second-order valence-corrected chi connectivity index (χ2v) is 10.3. The second kappa shape index (κ2) is 8.96. The second-order valence-electron chi connectivity index (χ2n) is 9.18. The number of nitrogens with one attached hydrogen (secondary N) is 1. The Hall–Kier alpha value is -3.45. The van der Waals surface area contributed by atoms with E-state index in [4.69, 9.17) is 0 Å². The lowest BCUT2D eigenvalue weighted by atomic mass is 9.95. The van der Waals surface area contributed by atoms with E-state index in [1.807, 2.05) is 48.7 Å². The molecule has 3 heterocycles. The molecule has 35 heavy (non-hydrogen) atoms. The fourth-order valence-corrected chi connectivity index (χ4v) is 6.75. The predicted octanol–water partition coefficient (Wildman–Crippen LogP) is 6.51. The van der Waals surface area contributed by atoms with Crippen molar-refractivity contribution >= 4 is 17.4 Å². The van der Waals surface area contributed by atoms with E-state index < -0.39 is 17.7 Å². The van der Waals surface area contributed by atoms with Crippen molar-refractivity contribution in [3.8, 4) is 5.00 Å². The fraction of sp³-hybridized carbons (Fsp3) is 0.250. The standard InChI is InChI=1S/C28H25F2N3OS/c29-20-13-19(14-21(30)15-20)26-24-10-6-12-32(24)27-23(22-9-4-5-11-25(22)35-27)17-33(26)28(34)31-16-18-7-2-1-3-8-18/h1-3,6-8,10,12-15,26H,4-5,9,11,16-17H2,(H,31,34)/t26-/m0/s1. The number of carbonyl (C=O) groups excluding carboxylic acids is 1. The smallest absolute Gasteiger partial charge is 0.318 e. The van der Waals surface area contributed by atoms with Crippen LogP contribution in [-0.4, -0.2) is 15.5 Å². The Labute approximate surface area is 206 Å². The van der Waals surface area contributed by atoms with Crippen LogP contribution in [0.25, 0.3) is 5.00 Å². The van der Waals surface area contributed by atoms with Crippen LogP contribution in [0.5, 0.6) is 0 Å². The number of aryl methyl sites for hydroxylation is 1. The van der Waals surface area contributed by atoms with Gasteiger partial charge in [0.25, 0.3) is 0 Å². The van der Waals surface area contributed by atoms with E-state index in [9.17, 15) is 13.6 Å². The predicted molar refractivity (Wildman–Crippen MR) is 133 cm³/mol. The summed E-state index contributed by atoms with van der Waals surface area (Å²) in [6.45, 7) is 0.752. The van der Waals surface area contributed by atoms with Crippen LogP contribution in [0, 0.1) is 11.6 Å². The van der Waals surface area contributed by atoms with E-state index >= 15 is 0 Å². The Morgan fingerprint density at radius 1 is 0.971 bits per heavy atom. The van der Waals surface area contributed by atoms with E-state index in [0.717, 1.165) is 47.2 Å². The third-order valence-corrected chi connectivity index (χ3v) is 8.26. The molecule has 0 unspecified atom stereocenters. The van der Waals surface area contributed by atoms with Crippen molar-refractivity contribution in [2.75, 3.05) is 0 Å². The molecule has 1 aliphatic carbocycles. The number of aromatic nitrogens is 1. The van der Waals surface area contributed by atoms with E-state index in [2.05, 4.69) is 9.88 Å². The van der Waals surface area contributed by atoms with Crippen LogP contribution in [0.2, 0.25) is 0 Å². The first kappa shape index (κ1) is 22.0. The molecule has 1 N–H and O–H groups in total. The van der Waals surface area contributed by atoms with Gasteiger partial charge in [0.2, 0.25) is 0 Å². The lowest BCUT2D eigenvalue weighted by molar-refractivity contribution is 0.179. The molecule has 2 aromatic heterocycles. The summed E-state index contributed by atoms with van der Waals surface area (Å²) >= 11 is 1.78. The van der Waals surface area contributed by atoms with Crippen LogP contribution >= 0.6 is 11.3 Å². The highest BCUT2D eigenvalue weighted by atomic mass is 32.1. The molecule has 178 valence electrons. The number of fused-ring (bicyclic) bond motifs is 5. The van der Waals surface area contributed by atoms with E-state index in [0.29, 0.717) is 18.7 Å². The summed E-state index contributed by atoms with van der Waals surface area (Å²) in [5, 5.41) is 4.15. The van der Waals surface area contributed by atoms with E-state index in [-0.39, 0.29) is 6.03 Å². The summed E-state index contributed by atoms with van der Waals surface area (Å²) < 4.78 is 30.8. The normalized spacial score (nSPS) is 16.7. The molecule has 1 aliphatic heterocycles. The van der Waals surface area contributed by atoms with Gasteiger partial charge in [-0.15, -0.1) is 11.3 Å². The Morgan fingerprint density at radius 3 is 2.54 bits per heavy atom. The molecule has 4 nitrogen and oxygen atoms in total. The molecule has 0 bridgehead atoms. The Balaban J connectivity index is 1.47. The first-order chi connectivity index (χ1) is 17.1. The zero-order chi connectivity index (χ0) is 23.9. The maximum absolute atomic E-state index is 14.3. The summed E-state index contributed by atoms with van der Waals surface area (Å²) in [5.74, 6) is -1.31. The molecule has 7 heteroatoms. The van der Waals surface area contributed by atoms with Gasteiger partial charge < -0.3 is 14.8 Å². The van der Waals surface area contributed by atoms with Crippen LogP contribution in [0.15, 0.2) is 66.9 Å². The number of thiophene rings is 1. The molecule has 0 fully saturated rings. The topological polar surface area (TPSA) is 37.3 Å². The van der Waals surface area contributed by atoms with Gasteiger partial charge in [-0.3, -0.25) is 0 Å². The average molecular weight is 490 g/mol. The molecule has 0 spiro atoms. The van der Waals surface area contributed by atoms with Gasteiger partial charge in [0.05, 0.1) is 12.2 Å². The molecule has 2 aromatic carbocycles. The summed E-state index contributed by atoms with van der Waals surface area (Å²) in [5.41, 5.74) is 4.71. The van der Waals surface area contributed by atoms with E-state index in [1.165, 1.54) is 29.0 Å². The maximum atomic E-state index is 14.3. The summed E-state index contributed by atoms with van der Waals surface area (Å²) in [6, 6.07) is 16.2. The van der Waals surface area contributed by atoms with Gasteiger partial charge in [-0.1, -0.05) is 30.3 Å². The molecule has 4 aromatic rings. The first-order valence-corrected chi connectivity index (χ1v) is 12.8. The van der Waals surface area contributed by atoms with Crippen molar-refractivity contribution in [1.82, 2.24) is 14.8 Å². The quantitative estimate of drug-likeness (QED) is 0.350. The summed E-state index contributed by atoms with van der Waals surface area (Å²) in [7, 11) is 0. The minimum absolute atomic E-state index is 0.264. The number of urea groups is 1. The van der Waals surface area contributed by atoms with Crippen LogP contribution in [0.1, 0.15) is 51.7 Å². The highest BCUT2D eigenvalue weighted by Crippen LogP contribution is 2.44. The zero-order valence-electron chi connectivity index (χ0n) is 19.1. The van der Waals surface area contributed by atoms with Crippen molar-refractivity contribution in [2.45, 2.75) is 44.8 Å². The lowest BCUT2D eigenvalue weighted by Crippen LogP contribution is -2.42. The van der Waals surface area contributed by atoms with Crippen LogP contribution in [-0.2, 0) is 25.9 Å². The summed E-state index contributed by atoms with van der Waals surface area (Å²) in [4.78, 5) is 16.9. The van der Waals surface area contributed by atoms with Crippen LogP contribution in [0.3, 0.4) is 0 Å². The Kier molecular flexibility index (Phi) is 5.65. The number of nitrogens with zero attached hydrogens (tertiary/aromatic N) is 2. The summed E-state index contributed by atoms with van der Waals surface area (Å²) in [6.07, 6.45) is 6.35. The van der Waals surface area contributed by atoms with Crippen molar-refractivity contribution in [3.05, 3.63) is 111 Å². The Bertz CT molecular complexity index is 1370. The molecule has 0 radical (unpaired) electrons. The number of benzene rings is 2. The molecule has 6 rings (SSSR count). The number of halogens is 2. The minimum Gasteiger partial charge on any atom is -0.334 e. The average Bonchev–Trinajstić information content (AvgIpc) is 3.44. The maximum Gasteiger partial charge on any atom is 0.318 e. The van der Waals surface area contributed by atoms with Gasteiger partial charge in [0, 0.05) is 29.2 Å². The molecule has 2 aliphatic rings. The van der Waals surface area contributed by atoms with Crippen molar-refractivity contribution in [1.29, 1.82) is 0 Å². The van der Waals surface area contributed by atoms with E-state index in [1.54, 1.807) is 16.2 Å². The monoisotopic (exact) mass is 489 g/mol. The first-order valence-electron chi connectivity index (χ1n) is 11.9. The van der Waals surface area contributed by atoms with Gasteiger partial charge in [-0.2, -0.15) is 0 Å². The number of carbonyl (C=O) groups is 1. The largest absolute Gasteiger partial charge is 0.334 e. The highest BCUT2D eigenvalue weighted by molar-refractivity contribution is 7.15. The number of hydrogen-bond donors (Lipinski definition) is 1. The van der Waals surface area contributed by atoms with Crippen LogP contribution < -0.4 is 5.32 Å². The molecule has 1 atom stereocenters. The molecular formula is C28H25F2N3OS. The van der Waals surface area contributed by atoms with Crippen molar-refractivity contribution in [3.63, 3.8) is 0 Å². The molecule has 0 saturated carbocycles. The molecule has 2 amide bonds. The number of amides is 2. The zero-order valence-corrected chi connectivity index (χ0v) is 20.0. The molecule has 0 saturated heterocycles. The number of hydrogen-bond acceptors (Lipinski definition) is 2. The fourth-order valence-electron chi connectivity index (χ4n) is 5.35. The van der Waals surface area contributed by atoms with Gasteiger partial charge in [0.1, 0.15) is 22.7 Å². The highest BCUT2D eigenvalue weighted by Gasteiger charge is 2.36. The van der Waals surface area contributed by atoms with Gasteiger partial charge >= 0.3 is 6.03 Å². The molecular weight excluding hydrogens is 464 g/mol. The van der Waals surface area contributed by atoms with Gasteiger partial charge in [-0.05, 0) is 66.6 Å². The van der Waals surface area contributed by atoms with Gasteiger partial charge in [-0.25, -0.2) is 13.6 Å². The SMILES string of the molecule is O=C(NCc1ccccc1)N1Cc2c(sc3c2CCCC3)-n2cccc2[C@@H]1c1cc(F)cc(F)c1. The lowest BCUT2D eigenvalue weighted by Gasteiger charge is -2.31.